The average Bonchev–Trinajstić information content (AvgIpc) is 2.76. The molecule has 0 amide bonds. The highest BCUT2D eigenvalue weighted by molar-refractivity contribution is 7.80. The van der Waals surface area contributed by atoms with E-state index < -0.39 is 4.92 Å². The summed E-state index contributed by atoms with van der Waals surface area (Å²) in [6.07, 6.45) is 7.27. The van der Waals surface area contributed by atoms with Crippen LogP contribution in [0.3, 0.4) is 0 Å². The van der Waals surface area contributed by atoms with Crippen molar-refractivity contribution in [2.75, 3.05) is 12.4 Å². The van der Waals surface area contributed by atoms with E-state index in [0.717, 1.165) is 12.8 Å². The van der Waals surface area contributed by atoms with Crippen molar-refractivity contribution in [1.82, 2.24) is 5.32 Å². The second-order valence-electron chi connectivity index (χ2n) is 5.43. The molecule has 1 fully saturated rings. The van der Waals surface area contributed by atoms with Crippen molar-refractivity contribution in [3.05, 3.63) is 28.3 Å². The maximum atomic E-state index is 10.8. The number of benzene rings is 1. The smallest absolute Gasteiger partial charge is 0.273 e. The molecule has 1 aromatic carbocycles. The van der Waals surface area contributed by atoms with Gasteiger partial charge in [0, 0.05) is 12.1 Å². The minimum Gasteiger partial charge on any atom is -0.494 e. The Morgan fingerprint density at radius 3 is 2.59 bits per heavy atom. The number of methoxy groups -OCH3 is 1. The first kappa shape index (κ1) is 16.5. The molecular formula is C15H21N3O3S. The zero-order valence-electron chi connectivity index (χ0n) is 12.6. The maximum Gasteiger partial charge on any atom is 0.273 e. The van der Waals surface area contributed by atoms with Crippen molar-refractivity contribution in [1.29, 1.82) is 0 Å². The molecule has 1 aliphatic carbocycles. The number of ether oxygens (including phenoxy) is 1. The molecule has 1 aromatic rings. The van der Waals surface area contributed by atoms with Gasteiger partial charge >= 0.3 is 0 Å². The lowest BCUT2D eigenvalue weighted by molar-refractivity contribution is -0.384. The quantitative estimate of drug-likeness (QED) is 0.381. The van der Waals surface area contributed by atoms with Crippen molar-refractivity contribution in [2.45, 2.75) is 44.6 Å². The van der Waals surface area contributed by atoms with Crippen molar-refractivity contribution < 1.29 is 9.66 Å². The first-order chi connectivity index (χ1) is 10.6. The highest BCUT2D eigenvalue weighted by Crippen LogP contribution is 2.29. The molecule has 0 aromatic heterocycles. The predicted molar refractivity (Wildman–Crippen MR) is 90.5 cm³/mol. The normalized spacial score (nSPS) is 15.7. The lowest BCUT2D eigenvalue weighted by atomic mass is 10.1. The molecule has 0 heterocycles. The Hall–Kier alpha value is -1.89. The number of nitro benzene ring substituents is 1. The molecule has 0 bridgehead atoms. The summed E-state index contributed by atoms with van der Waals surface area (Å²) in [4.78, 5) is 10.3. The first-order valence-electron chi connectivity index (χ1n) is 7.50. The van der Waals surface area contributed by atoms with Crippen LogP contribution in [-0.4, -0.2) is 23.2 Å². The fourth-order valence-corrected chi connectivity index (χ4v) is 2.94. The molecule has 7 heteroatoms. The summed E-state index contributed by atoms with van der Waals surface area (Å²) in [6, 6.07) is 4.82. The van der Waals surface area contributed by atoms with Gasteiger partial charge in [0.2, 0.25) is 0 Å². The van der Waals surface area contributed by atoms with E-state index in [-0.39, 0.29) is 5.69 Å². The van der Waals surface area contributed by atoms with Crippen LogP contribution in [0.5, 0.6) is 5.75 Å². The van der Waals surface area contributed by atoms with Crippen LogP contribution < -0.4 is 15.4 Å². The van der Waals surface area contributed by atoms with Gasteiger partial charge in [-0.3, -0.25) is 10.1 Å². The van der Waals surface area contributed by atoms with Crippen LogP contribution in [0.15, 0.2) is 18.2 Å². The van der Waals surface area contributed by atoms with Crippen LogP contribution in [0.4, 0.5) is 11.4 Å². The highest BCUT2D eigenvalue weighted by Gasteiger charge is 2.15. The molecule has 0 radical (unpaired) electrons. The van der Waals surface area contributed by atoms with Crippen LogP contribution in [0.1, 0.15) is 38.5 Å². The SMILES string of the molecule is COc1cc([N+](=O)[O-])ccc1NC(=S)NC1CCCCCC1. The van der Waals surface area contributed by atoms with Crippen LogP contribution in [-0.2, 0) is 0 Å². The van der Waals surface area contributed by atoms with Crippen LogP contribution in [0.2, 0.25) is 0 Å². The number of anilines is 1. The maximum absolute atomic E-state index is 10.8. The second-order valence-corrected chi connectivity index (χ2v) is 5.84. The van der Waals surface area contributed by atoms with E-state index in [0.29, 0.717) is 22.6 Å². The van der Waals surface area contributed by atoms with Gasteiger partial charge in [-0.05, 0) is 31.1 Å². The summed E-state index contributed by atoms with van der Waals surface area (Å²) in [5.74, 6) is 0.402. The minimum atomic E-state index is -0.450. The summed E-state index contributed by atoms with van der Waals surface area (Å²) < 4.78 is 5.19. The summed E-state index contributed by atoms with van der Waals surface area (Å²) in [5.41, 5.74) is 0.615. The van der Waals surface area contributed by atoms with E-state index in [2.05, 4.69) is 10.6 Å². The van der Waals surface area contributed by atoms with Gasteiger partial charge in [0.15, 0.2) is 5.11 Å². The van der Waals surface area contributed by atoms with Gasteiger partial charge in [-0.15, -0.1) is 0 Å². The number of non-ortho nitro benzene ring substituents is 1. The number of nitrogens with zero attached hydrogens (tertiary/aromatic N) is 1. The summed E-state index contributed by atoms with van der Waals surface area (Å²) >= 11 is 5.34. The molecule has 0 saturated heterocycles. The third kappa shape index (κ3) is 4.56. The number of nitro groups is 1. The third-order valence-electron chi connectivity index (χ3n) is 3.83. The van der Waals surface area contributed by atoms with Gasteiger partial charge in [0.25, 0.3) is 5.69 Å². The summed E-state index contributed by atoms with van der Waals surface area (Å²) in [6.45, 7) is 0. The second kappa shape index (κ2) is 7.93. The van der Waals surface area contributed by atoms with Gasteiger partial charge in [0.05, 0.1) is 23.8 Å². The van der Waals surface area contributed by atoms with Crippen molar-refractivity contribution in [3.63, 3.8) is 0 Å². The molecule has 0 spiro atoms. The number of rotatable bonds is 4. The van der Waals surface area contributed by atoms with E-state index in [1.807, 2.05) is 0 Å². The molecule has 0 atom stereocenters. The Morgan fingerprint density at radius 2 is 2.00 bits per heavy atom. The monoisotopic (exact) mass is 323 g/mol. The number of nitrogens with one attached hydrogen (secondary N) is 2. The van der Waals surface area contributed by atoms with Gasteiger partial charge in [0.1, 0.15) is 5.75 Å². The van der Waals surface area contributed by atoms with Gasteiger partial charge < -0.3 is 15.4 Å². The molecule has 2 rings (SSSR count). The number of thiocarbonyl (C=S) groups is 1. The van der Waals surface area contributed by atoms with Gasteiger partial charge in [-0.25, -0.2) is 0 Å². The molecule has 0 aliphatic heterocycles. The Labute approximate surface area is 135 Å². The van der Waals surface area contributed by atoms with E-state index in [1.54, 1.807) is 6.07 Å². The van der Waals surface area contributed by atoms with E-state index in [4.69, 9.17) is 17.0 Å². The lowest BCUT2D eigenvalue weighted by Gasteiger charge is -2.19. The molecule has 1 aliphatic rings. The molecule has 2 N–H and O–H groups in total. The van der Waals surface area contributed by atoms with Crippen LogP contribution >= 0.6 is 12.2 Å². The average molecular weight is 323 g/mol. The lowest BCUT2D eigenvalue weighted by Crippen LogP contribution is -2.37. The Kier molecular flexibility index (Phi) is 5.94. The zero-order valence-corrected chi connectivity index (χ0v) is 13.4. The van der Waals surface area contributed by atoms with E-state index in [9.17, 15) is 10.1 Å². The topological polar surface area (TPSA) is 76.4 Å². The largest absolute Gasteiger partial charge is 0.494 e. The first-order valence-corrected chi connectivity index (χ1v) is 7.91. The van der Waals surface area contributed by atoms with Crippen molar-refractivity contribution in [3.8, 4) is 5.75 Å². The summed E-state index contributed by atoms with van der Waals surface area (Å²) in [7, 11) is 1.48. The number of hydrogen-bond acceptors (Lipinski definition) is 4. The van der Waals surface area contributed by atoms with E-state index in [1.165, 1.54) is 44.9 Å². The molecule has 22 heavy (non-hydrogen) atoms. The Morgan fingerprint density at radius 1 is 1.32 bits per heavy atom. The summed E-state index contributed by atoms with van der Waals surface area (Å²) in [5, 5.41) is 17.7. The molecule has 1 saturated carbocycles. The van der Waals surface area contributed by atoms with Gasteiger partial charge in [-0.2, -0.15) is 0 Å². The predicted octanol–water partition coefficient (Wildman–Crippen LogP) is 3.61. The molecule has 6 nitrogen and oxygen atoms in total. The number of hydrogen-bond donors (Lipinski definition) is 2. The Bertz CT molecular complexity index is 543. The Balaban J connectivity index is 1.99. The molecular weight excluding hydrogens is 302 g/mol. The zero-order chi connectivity index (χ0) is 15.9. The third-order valence-corrected chi connectivity index (χ3v) is 4.05. The minimum absolute atomic E-state index is 0.00922. The van der Waals surface area contributed by atoms with Crippen LogP contribution in [0, 0.1) is 10.1 Å². The standard InChI is InChI=1S/C15H21N3O3S/c1-21-14-10-12(18(19)20)8-9-13(14)17-15(22)16-11-6-4-2-3-5-7-11/h8-11H,2-7H2,1H3,(H2,16,17,22). The van der Waals surface area contributed by atoms with E-state index >= 15 is 0 Å². The van der Waals surface area contributed by atoms with Crippen molar-refractivity contribution in [2.24, 2.45) is 0 Å². The highest BCUT2D eigenvalue weighted by atomic mass is 32.1. The van der Waals surface area contributed by atoms with Gasteiger partial charge in [-0.1, -0.05) is 25.7 Å². The molecule has 120 valence electrons. The van der Waals surface area contributed by atoms with Crippen molar-refractivity contribution >= 4 is 28.7 Å². The van der Waals surface area contributed by atoms with Crippen LogP contribution in [0.25, 0.3) is 0 Å². The fraction of sp³-hybridized carbons (Fsp3) is 0.533. The molecule has 0 unspecified atom stereocenters. The fourth-order valence-electron chi connectivity index (χ4n) is 2.66.